The number of aromatic nitrogens is 2. The summed E-state index contributed by atoms with van der Waals surface area (Å²) < 4.78 is 1.99. The van der Waals surface area contributed by atoms with Gasteiger partial charge in [0.2, 0.25) is 0 Å². The molecule has 0 amide bonds. The number of hydrogen-bond acceptors (Lipinski definition) is 4. The Labute approximate surface area is 114 Å². The van der Waals surface area contributed by atoms with Crippen LogP contribution in [0.4, 0.5) is 0 Å². The molecule has 0 aliphatic carbocycles. The molecule has 0 bridgehead atoms. The molecule has 18 heavy (non-hydrogen) atoms. The third-order valence-electron chi connectivity index (χ3n) is 2.76. The zero-order chi connectivity index (χ0) is 13.6. The molecule has 0 aliphatic heterocycles. The first-order valence-electron chi connectivity index (χ1n) is 6.34. The molecule has 1 rings (SSSR count). The largest absolute Gasteiger partial charge is 0.396 e. The minimum atomic E-state index is 0.0298. The Hall–Kier alpha value is -0.520. The predicted octanol–water partition coefficient (Wildman–Crippen LogP) is 1.84. The third-order valence-corrected chi connectivity index (χ3v) is 3.50. The van der Waals surface area contributed by atoms with Crippen LogP contribution in [0.3, 0.4) is 0 Å². The van der Waals surface area contributed by atoms with E-state index in [4.69, 9.17) is 5.11 Å². The lowest BCUT2D eigenvalue weighted by molar-refractivity contribution is 0.269. The lowest BCUT2D eigenvalue weighted by Gasteiger charge is -2.19. The Kier molecular flexibility index (Phi) is 6.18. The van der Waals surface area contributed by atoms with Gasteiger partial charge >= 0.3 is 0 Å². The summed E-state index contributed by atoms with van der Waals surface area (Å²) in [6.07, 6.45) is 6.88. The summed E-state index contributed by atoms with van der Waals surface area (Å²) in [4.78, 5) is 0. The summed E-state index contributed by atoms with van der Waals surface area (Å²) in [6.45, 7) is 7.46. The van der Waals surface area contributed by atoms with Crippen LogP contribution in [0, 0.1) is 0 Å². The molecule has 0 spiro atoms. The van der Waals surface area contributed by atoms with Crippen LogP contribution in [0.25, 0.3) is 0 Å². The summed E-state index contributed by atoms with van der Waals surface area (Å²) in [5.74, 6) is 1.02. The minimum Gasteiger partial charge on any atom is -0.396 e. The molecule has 4 nitrogen and oxygen atoms in total. The quantitative estimate of drug-likeness (QED) is 0.794. The smallest absolute Gasteiger partial charge is 0.0543 e. The first-order valence-corrected chi connectivity index (χ1v) is 7.74. The number of thioether (sulfide) groups is 1. The van der Waals surface area contributed by atoms with Crippen molar-refractivity contribution in [1.82, 2.24) is 15.1 Å². The van der Waals surface area contributed by atoms with E-state index in [0.29, 0.717) is 6.04 Å². The second-order valence-electron chi connectivity index (χ2n) is 5.51. The van der Waals surface area contributed by atoms with E-state index < -0.39 is 0 Å². The number of aliphatic hydroxyl groups is 1. The zero-order valence-corrected chi connectivity index (χ0v) is 12.6. The van der Waals surface area contributed by atoms with Crippen molar-refractivity contribution in [2.24, 2.45) is 0 Å². The number of rotatable bonds is 7. The normalized spacial score (nSPS) is 13.8. The number of nitrogens with zero attached hydrogens (tertiary/aromatic N) is 2. The Balaban J connectivity index is 2.49. The maximum atomic E-state index is 9.01. The summed E-state index contributed by atoms with van der Waals surface area (Å²) in [5, 5.41) is 16.9. The standard InChI is InChI=1S/C13H25N3OS/c1-13(2,3)16-9-11(8-15-16)7-14-12(5-6-17)10-18-4/h8-9,12,14,17H,5-7,10H2,1-4H3. The lowest BCUT2D eigenvalue weighted by Crippen LogP contribution is -2.31. The molecule has 0 radical (unpaired) electrons. The summed E-state index contributed by atoms with van der Waals surface area (Å²) in [7, 11) is 0. The van der Waals surface area contributed by atoms with Crippen molar-refractivity contribution in [2.75, 3.05) is 18.6 Å². The molecule has 104 valence electrons. The van der Waals surface area contributed by atoms with E-state index in [1.165, 1.54) is 5.56 Å². The predicted molar refractivity (Wildman–Crippen MR) is 77.9 cm³/mol. The Bertz CT molecular complexity index is 340. The number of aliphatic hydroxyl groups excluding tert-OH is 1. The summed E-state index contributed by atoms with van der Waals surface area (Å²) in [6, 6.07) is 0.364. The van der Waals surface area contributed by atoms with E-state index in [9.17, 15) is 0 Å². The van der Waals surface area contributed by atoms with E-state index in [1.807, 2.05) is 10.9 Å². The van der Waals surface area contributed by atoms with E-state index >= 15 is 0 Å². The van der Waals surface area contributed by atoms with Gasteiger partial charge in [0.25, 0.3) is 0 Å². The summed E-state index contributed by atoms with van der Waals surface area (Å²) >= 11 is 1.80. The fraction of sp³-hybridized carbons (Fsp3) is 0.769. The average Bonchev–Trinajstić information content (AvgIpc) is 2.75. The van der Waals surface area contributed by atoms with Gasteiger partial charge in [0.1, 0.15) is 0 Å². The second kappa shape index (κ2) is 7.16. The highest BCUT2D eigenvalue weighted by Crippen LogP contribution is 2.13. The average molecular weight is 271 g/mol. The zero-order valence-electron chi connectivity index (χ0n) is 11.8. The lowest BCUT2D eigenvalue weighted by atomic mass is 10.1. The first-order chi connectivity index (χ1) is 8.47. The van der Waals surface area contributed by atoms with Crippen LogP contribution >= 0.6 is 11.8 Å². The molecular formula is C13H25N3OS. The topological polar surface area (TPSA) is 50.1 Å². The van der Waals surface area contributed by atoms with Gasteiger partial charge in [-0.15, -0.1) is 0 Å². The van der Waals surface area contributed by atoms with Crippen molar-refractivity contribution in [3.05, 3.63) is 18.0 Å². The van der Waals surface area contributed by atoms with Gasteiger partial charge in [0.05, 0.1) is 11.7 Å². The van der Waals surface area contributed by atoms with E-state index in [0.717, 1.165) is 18.7 Å². The fourth-order valence-electron chi connectivity index (χ4n) is 1.68. The van der Waals surface area contributed by atoms with Crippen molar-refractivity contribution in [3.8, 4) is 0 Å². The van der Waals surface area contributed by atoms with Gasteiger partial charge in [-0.25, -0.2) is 0 Å². The molecule has 0 saturated heterocycles. The minimum absolute atomic E-state index is 0.0298. The molecule has 5 heteroatoms. The molecular weight excluding hydrogens is 246 g/mol. The molecule has 1 unspecified atom stereocenters. The van der Waals surface area contributed by atoms with Crippen molar-refractivity contribution in [2.45, 2.75) is 45.3 Å². The van der Waals surface area contributed by atoms with E-state index in [-0.39, 0.29) is 12.1 Å². The molecule has 1 aromatic rings. The monoisotopic (exact) mass is 271 g/mol. The van der Waals surface area contributed by atoms with Crippen molar-refractivity contribution >= 4 is 11.8 Å². The van der Waals surface area contributed by atoms with Crippen LogP contribution in [-0.4, -0.2) is 39.5 Å². The highest BCUT2D eigenvalue weighted by molar-refractivity contribution is 7.98. The number of nitrogens with one attached hydrogen (secondary N) is 1. The van der Waals surface area contributed by atoms with Crippen molar-refractivity contribution < 1.29 is 5.11 Å². The molecule has 0 aliphatic rings. The van der Waals surface area contributed by atoms with Crippen LogP contribution in [0.5, 0.6) is 0 Å². The Morgan fingerprint density at radius 3 is 2.72 bits per heavy atom. The van der Waals surface area contributed by atoms with Gasteiger partial charge in [-0.2, -0.15) is 16.9 Å². The van der Waals surface area contributed by atoms with E-state index in [2.05, 4.69) is 43.6 Å². The highest BCUT2D eigenvalue weighted by Gasteiger charge is 2.14. The van der Waals surface area contributed by atoms with Gasteiger partial charge in [-0.3, -0.25) is 4.68 Å². The first kappa shape index (κ1) is 15.5. The fourth-order valence-corrected chi connectivity index (χ4v) is 2.37. The van der Waals surface area contributed by atoms with Gasteiger partial charge in [-0.05, 0) is 33.4 Å². The van der Waals surface area contributed by atoms with E-state index in [1.54, 1.807) is 11.8 Å². The molecule has 1 atom stereocenters. The maximum absolute atomic E-state index is 9.01. The molecule has 0 fully saturated rings. The SMILES string of the molecule is CSCC(CCO)NCc1cnn(C(C)(C)C)c1. The summed E-state index contributed by atoms with van der Waals surface area (Å²) in [5.41, 5.74) is 1.22. The van der Waals surface area contributed by atoms with Crippen molar-refractivity contribution in [3.63, 3.8) is 0 Å². The highest BCUT2D eigenvalue weighted by atomic mass is 32.2. The maximum Gasteiger partial charge on any atom is 0.0543 e. The van der Waals surface area contributed by atoms with Crippen molar-refractivity contribution in [1.29, 1.82) is 0 Å². The number of hydrogen-bond donors (Lipinski definition) is 2. The van der Waals surface area contributed by atoms with Crippen LogP contribution in [-0.2, 0) is 12.1 Å². The van der Waals surface area contributed by atoms with Crippen LogP contribution in [0.15, 0.2) is 12.4 Å². The molecule has 1 aromatic heterocycles. The third kappa shape index (κ3) is 5.00. The van der Waals surface area contributed by atoms with Gasteiger partial charge in [0, 0.05) is 36.7 Å². The van der Waals surface area contributed by atoms with Crippen LogP contribution in [0.2, 0.25) is 0 Å². The van der Waals surface area contributed by atoms with Crippen LogP contribution < -0.4 is 5.32 Å². The molecule has 0 saturated carbocycles. The Morgan fingerprint density at radius 1 is 1.50 bits per heavy atom. The van der Waals surface area contributed by atoms with Gasteiger partial charge in [0.15, 0.2) is 0 Å². The molecule has 1 heterocycles. The van der Waals surface area contributed by atoms with Gasteiger partial charge in [-0.1, -0.05) is 0 Å². The van der Waals surface area contributed by atoms with Crippen LogP contribution in [0.1, 0.15) is 32.8 Å². The molecule has 2 N–H and O–H groups in total. The van der Waals surface area contributed by atoms with Gasteiger partial charge < -0.3 is 10.4 Å². The second-order valence-corrected chi connectivity index (χ2v) is 6.42. The molecule has 0 aromatic carbocycles. The Morgan fingerprint density at radius 2 is 2.22 bits per heavy atom.